The van der Waals surface area contributed by atoms with E-state index >= 15 is 0 Å². The summed E-state index contributed by atoms with van der Waals surface area (Å²) >= 11 is 0. The van der Waals surface area contributed by atoms with E-state index in [0.717, 1.165) is 19.3 Å². The molecule has 1 saturated carbocycles. The number of hydrogen-bond acceptors (Lipinski definition) is 4. The molecule has 1 aromatic carbocycles. The van der Waals surface area contributed by atoms with Gasteiger partial charge in [-0.25, -0.2) is 4.39 Å². The Morgan fingerprint density at radius 3 is 2.48 bits per heavy atom. The van der Waals surface area contributed by atoms with Crippen molar-refractivity contribution in [3.8, 4) is 0 Å². The highest BCUT2D eigenvalue weighted by Gasteiger charge is 2.20. The highest BCUT2D eigenvalue weighted by atomic mass is 19.1. The van der Waals surface area contributed by atoms with Crippen molar-refractivity contribution in [2.75, 3.05) is 11.9 Å². The van der Waals surface area contributed by atoms with Crippen LogP contribution in [0.15, 0.2) is 24.3 Å². The number of aliphatic hydroxyl groups excluding tert-OH is 2. The van der Waals surface area contributed by atoms with Crippen molar-refractivity contribution < 1.29 is 24.2 Å². The molecule has 164 valence electrons. The van der Waals surface area contributed by atoms with E-state index in [0.29, 0.717) is 18.8 Å². The van der Waals surface area contributed by atoms with Crippen LogP contribution < -0.4 is 5.32 Å². The molecule has 1 aromatic rings. The summed E-state index contributed by atoms with van der Waals surface area (Å²) < 4.78 is 13.3. The fourth-order valence-electron chi connectivity index (χ4n) is 3.43. The van der Waals surface area contributed by atoms with Crippen LogP contribution in [0, 0.1) is 11.7 Å². The molecule has 1 unspecified atom stereocenters. The minimum atomic E-state index is -1.06. The summed E-state index contributed by atoms with van der Waals surface area (Å²) in [4.78, 5) is 22.3. The summed E-state index contributed by atoms with van der Waals surface area (Å²) in [5.41, 5.74) is 0.118. The van der Waals surface area contributed by atoms with E-state index < -0.39 is 17.8 Å². The standard InChI is InChI=1S/C15H20FNO2.C8H16O2/c16-12-7-3-4-8-13(12)17-15(19)14(18)10-9-11-5-1-2-6-11;1-2-3-4-5-6-8(10)7-9/h3-4,7-8,11,14,18H,1-2,5-6,9-10H2,(H,17,19);9H,2-7H2,1H3. The Hall–Kier alpha value is -1.79. The molecule has 1 aliphatic rings. The highest BCUT2D eigenvalue weighted by Crippen LogP contribution is 2.29. The third kappa shape index (κ3) is 11.1. The molecular weight excluding hydrogens is 373 g/mol. The molecule has 1 aliphatic carbocycles. The van der Waals surface area contributed by atoms with Crippen LogP contribution in [0.4, 0.5) is 10.1 Å². The van der Waals surface area contributed by atoms with Gasteiger partial charge >= 0.3 is 0 Å². The van der Waals surface area contributed by atoms with Gasteiger partial charge < -0.3 is 15.5 Å². The van der Waals surface area contributed by atoms with Gasteiger partial charge in [0.15, 0.2) is 5.78 Å². The molecule has 3 N–H and O–H groups in total. The van der Waals surface area contributed by atoms with Crippen molar-refractivity contribution in [1.29, 1.82) is 0 Å². The lowest BCUT2D eigenvalue weighted by atomic mass is 9.99. The molecule has 1 fully saturated rings. The zero-order valence-electron chi connectivity index (χ0n) is 17.5. The molecule has 0 aliphatic heterocycles. The van der Waals surface area contributed by atoms with E-state index in [1.54, 1.807) is 12.1 Å². The van der Waals surface area contributed by atoms with Gasteiger partial charge in [-0.15, -0.1) is 0 Å². The minimum absolute atomic E-state index is 0.0314. The molecule has 0 radical (unpaired) electrons. The van der Waals surface area contributed by atoms with E-state index in [1.165, 1.54) is 50.7 Å². The molecule has 0 bridgehead atoms. The van der Waals surface area contributed by atoms with Crippen molar-refractivity contribution in [3.05, 3.63) is 30.1 Å². The SMILES string of the molecule is CCCCCCC(=O)CO.O=C(Nc1ccccc1F)C(O)CCC1CCCC1. The van der Waals surface area contributed by atoms with Crippen molar-refractivity contribution in [2.45, 2.75) is 83.7 Å². The number of nitrogens with one attached hydrogen (secondary N) is 1. The van der Waals surface area contributed by atoms with E-state index in [4.69, 9.17) is 5.11 Å². The highest BCUT2D eigenvalue weighted by molar-refractivity contribution is 5.94. The second-order valence-electron chi connectivity index (χ2n) is 7.72. The number of Topliss-reactive ketones (excluding diaryl/α,β-unsaturated/α-hetero) is 1. The largest absolute Gasteiger partial charge is 0.389 e. The van der Waals surface area contributed by atoms with E-state index in [-0.39, 0.29) is 18.1 Å². The molecular formula is C23H36FNO4. The van der Waals surface area contributed by atoms with Crippen molar-refractivity contribution >= 4 is 17.4 Å². The van der Waals surface area contributed by atoms with Crippen LogP contribution >= 0.6 is 0 Å². The second kappa shape index (κ2) is 15.1. The molecule has 0 heterocycles. The first-order valence-corrected chi connectivity index (χ1v) is 10.8. The molecule has 0 aromatic heterocycles. The number of aliphatic hydroxyl groups is 2. The summed E-state index contributed by atoms with van der Waals surface area (Å²) in [6.45, 7) is 1.85. The fraction of sp³-hybridized carbons (Fsp3) is 0.652. The molecule has 1 amide bonds. The maximum absolute atomic E-state index is 13.3. The molecule has 5 nitrogen and oxygen atoms in total. The predicted octanol–water partition coefficient (Wildman–Crippen LogP) is 4.61. The predicted molar refractivity (Wildman–Crippen MR) is 113 cm³/mol. The monoisotopic (exact) mass is 409 g/mol. The molecule has 2 rings (SSSR count). The van der Waals surface area contributed by atoms with E-state index in [9.17, 15) is 19.1 Å². The third-order valence-corrected chi connectivity index (χ3v) is 5.24. The van der Waals surface area contributed by atoms with Crippen LogP contribution in [0.1, 0.15) is 77.6 Å². The number of anilines is 1. The number of rotatable bonds is 11. The van der Waals surface area contributed by atoms with Gasteiger partial charge in [0.2, 0.25) is 0 Å². The Morgan fingerprint density at radius 1 is 1.17 bits per heavy atom. The van der Waals surface area contributed by atoms with E-state index in [1.807, 2.05) is 0 Å². The van der Waals surface area contributed by atoms with Gasteiger partial charge in [-0.1, -0.05) is 64.0 Å². The van der Waals surface area contributed by atoms with Gasteiger partial charge in [-0.3, -0.25) is 9.59 Å². The van der Waals surface area contributed by atoms with Crippen LogP contribution in [0.25, 0.3) is 0 Å². The van der Waals surface area contributed by atoms with Crippen LogP contribution in [-0.4, -0.2) is 34.6 Å². The number of carbonyl (C=O) groups excluding carboxylic acids is 2. The summed E-state index contributed by atoms with van der Waals surface area (Å²) in [7, 11) is 0. The van der Waals surface area contributed by atoms with Gasteiger partial charge in [0, 0.05) is 6.42 Å². The number of halogens is 1. The summed E-state index contributed by atoms with van der Waals surface area (Å²) in [5.74, 6) is -0.408. The Kier molecular flexibility index (Phi) is 13.1. The molecule has 0 saturated heterocycles. The average Bonchev–Trinajstić information content (AvgIpc) is 3.25. The quantitative estimate of drug-likeness (QED) is 0.466. The number of hydrogen-bond donors (Lipinski definition) is 3. The Labute approximate surface area is 173 Å². The smallest absolute Gasteiger partial charge is 0.253 e. The first-order valence-electron chi connectivity index (χ1n) is 10.8. The zero-order chi connectivity index (χ0) is 21.5. The lowest BCUT2D eigenvalue weighted by Gasteiger charge is -2.14. The van der Waals surface area contributed by atoms with Crippen LogP contribution in [-0.2, 0) is 9.59 Å². The van der Waals surface area contributed by atoms with Crippen LogP contribution in [0.2, 0.25) is 0 Å². The first kappa shape index (κ1) is 25.2. The lowest BCUT2D eigenvalue weighted by Crippen LogP contribution is -2.28. The number of unbranched alkanes of at least 4 members (excludes halogenated alkanes) is 3. The zero-order valence-corrected chi connectivity index (χ0v) is 17.5. The number of carbonyl (C=O) groups is 2. The Morgan fingerprint density at radius 2 is 1.86 bits per heavy atom. The maximum Gasteiger partial charge on any atom is 0.253 e. The van der Waals surface area contributed by atoms with Crippen LogP contribution in [0.5, 0.6) is 0 Å². The van der Waals surface area contributed by atoms with Gasteiger partial charge in [0.05, 0.1) is 5.69 Å². The lowest BCUT2D eigenvalue weighted by molar-refractivity contribution is -0.124. The number of ketones is 1. The van der Waals surface area contributed by atoms with Crippen molar-refractivity contribution in [2.24, 2.45) is 5.92 Å². The third-order valence-electron chi connectivity index (χ3n) is 5.24. The summed E-state index contributed by atoms with van der Waals surface area (Å²) in [6, 6.07) is 5.96. The minimum Gasteiger partial charge on any atom is -0.389 e. The second-order valence-corrected chi connectivity index (χ2v) is 7.72. The average molecular weight is 410 g/mol. The van der Waals surface area contributed by atoms with Crippen molar-refractivity contribution in [1.82, 2.24) is 0 Å². The first-order chi connectivity index (χ1) is 14.0. The van der Waals surface area contributed by atoms with Gasteiger partial charge in [-0.05, 0) is 37.3 Å². The maximum atomic E-state index is 13.3. The Balaban J connectivity index is 0.000000359. The molecule has 0 spiro atoms. The fourth-order valence-corrected chi connectivity index (χ4v) is 3.43. The summed E-state index contributed by atoms with van der Waals surface area (Å²) in [5, 5.41) is 20.6. The van der Waals surface area contributed by atoms with Gasteiger partial charge in [0.25, 0.3) is 5.91 Å². The molecule has 6 heteroatoms. The Bertz CT molecular complexity index is 602. The van der Waals surface area contributed by atoms with Gasteiger partial charge in [0.1, 0.15) is 18.5 Å². The van der Waals surface area contributed by atoms with E-state index in [2.05, 4.69) is 12.2 Å². The normalized spacial score (nSPS) is 14.8. The molecule has 29 heavy (non-hydrogen) atoms. The molecule has 1 atom stereocenters. The summed E-state index contributed by atoms with van der Waals surface area (Å²) in [6.07, 6.45) is 10.1. The number of benzene rings is 1. The topological polar surface area (TPSA) is 86.6 Å². The van der Waals surface area contributed by atoms with Crippen molar-refractivity contribution in [3.63, 3.8) is 0 Å². The number of amides is 1. The van der Waals surface area contributed by atoms with Crippen LogP contribution in [0.3, 0.4) is 0 Å². The van der Waals surface area contributed by atoms with Gasteiger partial charge in [-0.2, -0.15) is 0 Å². The number of para-hydroxylation sites is 1.